The van der Waals surface area contributed by atoms with Gasteiger partial charge in [-0.15, -0.1) is 0 Å². The molecule has 2 rings (SSSR count). The largest absolute Gasteiger partial charge is 0.496 e. The smallest absolute Gasteiger partial charge is 0.123 e. The standard InChI is InChI=1S/C16H26N2O2/c1-19-14-10-6-5-9-13(14)15(18-17)16(20-2)11-7-3-4-8-12-16/h5-6,9-10,15,18H,3-4,7-8,11-12,17H2,1-2H3. The van der Waals surface area contributed by atoms with Crippen molar-refractivity contribution in [3.63, 3.8) is 0 Å². The molecule has 0 bridgehead atoms. The minimum absolute atomic E-state index is 0.0539. The first-order valence-electron chi connectivity index (χ1n) is 7.41. The lowest BCUT2D eigenvalue weighted by Crippen LogP contribution is -2.48. The Labute approximate surface area is 121 Å². The van der Waals surface area contributed by atoms with E-state index in [4.69, 9.17) is 15.3 Å². The van der Waals surface area contributed by atoms with Crippen LogP contribution in [0.15, 0.2) is 24.3 Å². The van der Waals surface area contributed by atoms with E-state index in [1.54, 1.807) is 14.2 Å². The van der Waals surface area contributed by atoms with Gasteiger partial charge in [0.2, 0.25) is 0 Å². The molecular weight excluding hydrogens is 252 g/mol. The van der Waals surface area contributed by atoms with Gasteiger partial charge in [0, 0.05) is 12.7 Å². The van der Waals surface area contributed by atoms with Crippen molar-refractivity contribution in [3.05, 3.63) is 29.8 Å². The summed E-state index contributed by atoms with van der Waals surface area (Å²) in [4.78, 5) is 0. The van der Waals surface area contributed by atoms with Gasteiger partial charge in [0.05, 0.1) is 18.8 Å². The average Bonchev–Trinajstić information content (AvgIpc) is 2.75. The molecule has 20 heavy (non-hydrogen) atoms. The van der Waals surface area contributed by atoms with Gasteiger partial charge in [-0.05, 0) is 18.9 Å². The van der Waals surface area contributed by atoms with Crippen molar-refractivity contribution in [3.8, 4) is 5.75 Å². The molecule has 1 unspecified atom stereocenters. The summed E-state index contributed by atoms with van der Waals surface area (Å²) in [5, 5.41) is 0. The summed E-state index contributed by atoms with van der Waals surface area (Å²) in [5.41, 5.74) is 3.80. The van der Waals surface area contributed by atoms with Crippen molar-refractivity contribution in [2.24, 2.45) is 5.84 Å². The lowest BCUT2D eigenvalue weighted by Gasteiger charge is -2.39. The molecule has 0 radical (unpaired) electrons. The predicted molar refractivity (Wildman–Crippen MR) is 80.5 cm³/mol. The molecule has 1 fully saturated rings. The third kappa shape index (κ3) is 2.97. The molecule has 0 aromatic heterocycles. The van der Waals surface area contributed by atoms with Gasteiger partial charge in [0.1, 0.15) is 5.75 Å². The SMILES string of the molecule is COc1ccccc1C(NN)C1(OC)CCCCCC1. The van der Waals surface area contributed by atoms with Gasteiger partial charge in [-0.2, -0.15) is 0 Å². The van der Waals surface area contributed by atoms with Crippen LogP contribution in [0, 0.1) is 0 Å². The molecule has 1 aliphatic carbocycles. The summed E-state index contributed by atoms with van der Waals surface area (Å²) in [7, 11) is 3.49. The van der Waals surface area contributed by atoms with E-state index in [0.717, 1.165) is 24.2 Å². The Kier molecular flexibility index (Phi) is 5.40. The van der Waals surface area contributed by atoms with Crippen molar-refractivity contribution in [1.29, 1.82) is 0 Å². The highest BCUT2D eigenvalue weighted by Gasteiger charge is 2.40. The molecule has 4 heteroatoms. The van der Waals surface area contributed by atoms with Crippen molar-refractivity contribution >= 4 is 0 Å². The molecule has 0 saturated heterocycles. The predicted octanol–water partition coefficient (Wildman–Crippen LogP) is 2.94. The molecule has 1 aromatic carbocycles. The molecule has 112 valence electrons. The highest BCUT2D eigenvalue weighted by Crippen LogP contribution is 2.42. The molecule has 1 aliphatic rings. The first kappa shape index (κ1) is 15.3. The van der Waals surface area contributed by atoms with Crippen LogP contribution < -0.4 is 16.0 Å². The number of hydrogen-bond donors (Lipinski definition) is 2. The fourth-order valence-electron chi connectivity index (χ4n) is 3.37. The van der Waals surface area contributed by atoms with Gasteiger partial charge in [-0.1, -0.05) is 43.9 Å². The fraction of sp³-hybridized carbons (Fsp3) is 0.625. The van der Waals surface area contributed by atoms with Crippen LogP contribution in [-0.4, -0.2) is 19.8 Å². The Bertz CT molecular complexity index is 415. The summed E-state index contributed by atoms with van der Waals surface area (Å²) in [6.07, 6.45) is 6.96. The molecule has 4 nitrogen and oxygen atoms in total. The number of methoxy groups -OCH3 is 2. The zero-order valence-electron chi connectivity index (χ0n) is 12.5. The Balaban J connectivity index is 2.37. The zero-order chi connectivity index (χ0) is 14.4. The molecular formula is C16H26N2O2. The molecule has 1 aromatic rings. The quantitative estimate of drug-likeness (QED) is 0.494. The van der Waals surface area contributed by atoms with Gasteiger partial charge in [-0.3, -0.25) is 5.84 Å². The lowest BCUT2D eigenvalue weighted by molar-refractivity contribution is -0.0545. The molecule has 3 N–H and O–H groups in total. The van der Waals surface area contributed by atoms with Crippen molar-refractivity contribution < 1.29 is 9.47 Å². The molecule has 1 atom stereocenters. The minimum atomic E-state index is -0.250. The second-order valence-electron chi connectivity index (χ2n) is 5.52. The average molecular weight is 278 g/mol. The third-order valence-corrected chi connectivity index (χ3v) is 4.50. The van der Waals surface area contributed by atoms with Crippen LogP contribution in [0.1, 0.15) is 50.1 Å². The first-order valence-corrected chi connectivity index (χ1v) is 7.41. The van der Waals surface area contributed by atoms with E-state index in [2.05, 4.69) is 11.5 Å². The minimum Gasteiger partial charge on any atom is -0.496 e. The fourth-order valence-corrected chi connectivity index (χ4v) is 3.37. The van der Waals surface area contributed by atoms with Crippen LogP contribution in [0.2, 0.25) is 0 Å². The van der Waals surface area contributed by atoms with Crippen molar-refractivity contribution in [1.82, 2.24) is 5.43 Å². The topological polar surface area (TPSA) is 56.5 Å². The van der Waals surface area contributed by atoms with Crippen LogP contribution in [0.3, 0.4) is 0 Å². The Morgan fingerprint density at radius 1 is 1.10 bits per heavy atom. The Morgan fingerprint density at radius 3 is 2.30 bits per heavy atom. The monoisotopic (exact) mass is 278 g/mol. The summed E-state index contributed by atoms with van der Waals surface area (Å²) in [5.74, 6) is 6.74. The molecule has 0 heterocycles. The second kappa shape index (κ2) is 7.07. The number of rotatable bonds is 5. The number of hydrazine groups is 1. The second-order valence-corrected chi connectivity index (χ2v) is 5.52. The number of nitrogens with one attached hydrogen (secondary N) is 1. The van der Waals surface area contributed by atoms with E-state index in [9.17, 15) is 0 Å². The van der Waals surface area contributed by atoms with Crippen LogP contribution in [0.5, 0.6) is 5.75 Å². The highest BCUT2D eigenvalue weighted by molar-refractivity contribution is 5.37. The van der Waals surface area contributed by atoms with Gasteiger partial charge < -0.3 is 9.47 Å². The molecule has 0 aliphatic heterocycles. The number of nitrogens with two attached hydrogens (primary N) is 1. The van der Waals surface area contributed by atoms with Crippen LogP contribution in [0.4, 0.5) is 0 Å². The number of para-hydroxylation sites is 1. The van der Waals surface area contributed by atoms with E-state index in [0.29, 0.717) is 0 Å². The summed E-state index contributed by atoms with van der Waals surface area (Å²) in [6, 6.07) is 7.97. The van der Waals surface area contributed by atoms with Gasteiger partial charge in [0.15, 0.2) is 0 Å². The van der Waals surface area contributed by atoms with E-state index in [1.807, 2.05) is 18.2 Å². The van der Waals surface area contributed by atoms with E-state index < -0.39 is 0 Å². The number of benzene rings is 1. The van der Waals surface area contributed by atoms with Crippen molar-refractivity contribution in [2.45, 2.75) is 50.2 Å². The van der Waals surface area contributed by atoms with Crippen LogP contribution in [-0.2, 0) is 4.74 Å². The Morgan fingerprint density at radius 2 is 1.75 bits per heavy atom. The maximum Gasteiger partial charge on any atom is 0.123 e. The maximum atomic E-state index is 5.97. The number of hydrogen-bond acceptors (Lipinski definition) is 4. The number of ether oxygens (including phenoxy) is 2. The van der Waals surface area contributed by atoms with E-state index >= 15 is 0 Å². The maximum absolute atomic E-state index is 5.97. The van der Waals surface area contributed by atoms with E-state index in [-0.39, 0.29) is 11.6 Å². The normalized spacial score (nSPS) is 20.1. The zero-order valence-corrected chi connectivity index (χ0v) is 12.5. The van der Waals surface area contributed by atoms with E-state index in [1.165, 1.54) is 25.7 Å². The summed E-state index contributed by atoms with van der Waals surface area (Å²) < 4.78 is 11.5. The van der Waals surface area contributed by atoms with Gasteiger partial charge in [-0.25, -0.2) is 5.43 Å². The lowest BCUT2D eigenvalue weighted by atomic mass is 9.82. The van der Waals surface area contributed by atoms with Gasteiger partial charge in [0.25, 0.3) is 0 Å². The van der Waals surface area contributed by atoms with Crippen LogP contribution in [0.25, 0.3) is 0 Å². The Hall–Kier alpha value is -1.10. The summed E-state index contributed by atoms with van der Waals surface area (Å²) >= 11 is 0. The molecule has 1 saturated carbocycles. The molecule has 0 spiro atoms. The highest BCUT2D eigenvalue weighted by atomic mass is 16.5. The van der Waals surface area contributed by atoms with Crippen LogP contribution >= 0.6 is 0 Å². The van der Waals surface area contributed by atoms with Gasteiger partial charge >= 0.3 is 0 Å². The third-order valence-electron chi connectivity index (χ3n) is 4.50. The first-order chi connectivity index (χ1) is 9.77. The summed E-state index contributed by atoms with van der Waals surface area (Å²) in [6.45, 7) is 0. The van der Waals surface area contributed by atoms with Crippen molar-refractivity contribution in [2.75, 3.05) is 14.2 Å². The molecule has 0 amide bonds.